The van der Waals surface area contributed by atoms with E-state index in [9.17, 15) is 14.7 Å². The van der Waals surface area contributed by atoms with Crippen molar-refractivity contribution in [3.05, 3.63) is 116 Å². The number of halogens is 2. The first-order valence-corrected chi connectivity index (χ1v) is 14.9. The first-order valence-electron chi connectivity index (χ1n) is 12.9. The number of benzene rings is 3. The molecule has 2 heterocycles. The topological polar surface area (TPSA) is 117 Å². The van der Waals surface area contributed by atoms with Gasteiger partial charge in [-0.1, -0.05) is 45.2 Å². The number of ether oxygens (including phenoxy) is 1. The molecule has 0 radical (unpaired) electrons. The Morgan fingerprint density at radius 1 is 1.14 bits per heavy atom. The lowest BCUT2D eigenvalue weighted by atomic mass is 10.2. The summed E-state index contributed by atoms with van der Waals surface area (Å²) in [5, 5.41) is 22.0. The predicted molar refractivity (Wildman–Crippen MR) is 172 cm³/mol. The highest BCUT2D eigenvalue weighted by molar-refractivity contribution is 9.10. The largest absolute Gasteiger partial charge is 0.507 e. The number of aryl methyl sites for hydroxylation is 1. The number of thioether (sulfide) groups is 1. The van der Waals surface area contributed by atoms with E-state index in [0.717, 1.165) is 21.8 Å². The third kappa shape index (κ3) is 7.95. The average Bonchev–Trinajstić information content (AvgIpc) is 3.60. The van der Waals surface area contributed by atoms with Gasteiger partial charge < -0.3 is 19.6 Å². The quantitative estimate of drug-likeness (QED) is 0.110. The minimum atomic E-state index is -0.336. The highest BCUT2D eigenvalue weighted by atomic mass is 79.9. The van der Waals surface area contributed by atoms with Crippen molar-refractivity contribution in [3.8, 4) is 11.5 Å². The van der Waals surface area contributed by atoms with Crippen LogP contribution in [-0.4, -0.2) is 39.8 Å². The van der Waals surface area contributed by atoms with Crippen molar-refractivity contribution in [1.82, 2.24) is 4.90 Å². The van der Waals surface area contributed by atoms with Gasteiger partial charge in [0.25, 0.3) is 11.8 Å². The highest BCUT2D eigenvalue weighted by Crippen LogP contribution is 2.36. The summed E-state index contributed by atoms with van der Waals surface area (Å²) in [6, 6.07) is 20.8. The predicted octanol–water partition coefficient (Wildman–Crippen LogP) is 7.23. The molecule has 0 atom stereocenters. The van der Waals surface area contributed by atoms with E-state index in [2.05, 4.69) is 31.4 Å². The monoisotopic (exact) mass is 678 g/mol. The Kier molecular flexibility index (Phi) is 9.65. The van der Waals surface area contributed by atoms with Gasteiger partial charge in [-0.2, -0.15) is 5.10 Å². The maximum absolute atomic E-state index is 13.5. The number of anilines is 1. The summed E-state index contributed by atoms with van der Waals surface area (Å²) in [4.78, 5) is 27.8. The molecule has 0 aliphatic carbocycles. The fourth-order valence-corrected chi connectivity index (χ4v) is 5.42. The van der Waals surface area contributed by atoms with Gasteiger partial charge in [0.2, 0.25) is 0 Å². The first kappa shape index (κ1) is 30.1. The summed E-state index contributed by atoms with van der Waals surface area (Å²) in [5.41, 5.74) is 2.70. The summed E-state index contributed by atoms with van der Waals surface area (Å²) >= 11 is 10.8. The lowest BCUT2D eigenvalue weighted by Crippen LogP contribution is -2.28. The minimum Gasteiger partial charge on any atom is -0.507 e. The van der Waals surface area contributed by atoms with Crippen LogP contribution in [0.5, 0.6) is 11.5 Å². The van der Waals surface area contributed by atoms with E-state index in [1.54, 1.807) is 48.5 Å². The number of carbonyl (C=O) groups is 2. The van der Waals surface area contributed by atoms with Crippen LogP contribution in [0.4, 0.5) is 5.69 Å². The average molecular weight is 680 g/mol. The van der Waals surface area contributed by atoms with E-state index >= 15 is 0 Å². The molecular weight excluding hydrogens is 656 g/mol. The Hall–Kier alpha value is -4.32. The van der Waals surface area contributed by atoms with Gasteiger partial charge in [0, 0.05) is 26.3 Å². The number of nitrogens with zero attached hydrogens (tertiary/aromatic N) is 3. The number of amides is 2. The van der Waals surface area contributed by atoms with Gasteiger partial charge in [-0.15, -0.1) is 5.10 Å². The van der Waals surface area contributed by atoms with Gasteiger partial charge in [0.1, 0.15) is 17.3 Å². The molecule has 218 valence electrons. The molecule has 0 saturated carbocycles. The van der Waals surface area contributed by atoms with Crippen LogP contribution in [0.2, 0.25) is 5.02 Å². The Morgan fingerprint density at radius 2 is 1.95 bits per heavy atom. The molecular formula is C31H24BrClN4O5S. The second-order valence-electron chi connectivity index (χ2n) is 9.30. The number of nitrogens with one attached hydrogen (secondary N) is 1. The van der Waals surface area contributed by atoms with Gasteiger partial charge in [0.05, 0.1) is 23.9 Å². The molecule has 4 aromatic rings. The molecule has 5 rings (SSSR count). The van der Waals surface area contributed by atoms with Crippen LogP contribution in [0.25, 0.3) is 6.08 Å². The smallest absolute Gasteiger partial charge is 0.267 e. The molecule has 1 saturated heterocycles. The number of hydrogen-bond donors (Lipinski definition) is 2. The summed E-state index contributed by atoms with van der Waals surface area (Å²) < 4.78 is 12.0. The summed E-state index contributed by atoms with van der Waals surface area (Å²) in [6.07, 6.45) is 4.55. The van der Waals surface area contributed by atoms with E-state index in [1.165, 1.54) is 23.4 Å². The van der Waals surface area contributed by atoms with E-state index in [1.807, 2.05) is 31.2 Å². The molecule has 2 amide bonds. The van der Waals surface area contributed by atoms with Crippen LogP contribution >= 0.6 is 39.3 Å². The van der Waals surface area contributed by atoms with Crippen molar-refractivity contribution >= 4 is 74.3 Å². The van der Waals surface area contributed by atoms with Gasteiger partial charge >= 0.3 is 0 Å². The van der Waals surface area contributed by atoms with Crippen molar-refractivity contribution in [3.63, 3.8) is 0 Å². The lowest BCUT2D eigenvalue weighted by molar-refractivity contribution is -0.122. The number of rotatable bonds is 9. The molecule has 1 fully saturated rings. The van der Waals surface area contributed by atoms with Gasteiger partial charge in [-0.3, -0.25) is 14.5 Å². The third-order valence-corrected chi connectivity index (χ3v) is 7.79. The van der Waals surface area contributed by atoms with Crippen LogP contribution in [0.1, 0.15) is 22.5 Å². The van der Waals surface area contributed by atoms with Crippen LogP contribution in [0, 0.1) is 6.92 Å². The van der Waals surface area contributed by atoms with Crippen molar-refractivity contribution in [2.45, 2.75) is 13.5 Å². The molecule has 1 aliphatic heterocycles. The van der Waals surface area contributed by atoms with Gasteiger partial charge in [0.15, 0.2) is 11.8 Å². The van der Waals surface area contributed by atoms with Crippen LogP contribution < -0.4 is 10.1 Å². The van der Waals surface area contributed by atoms with Crippen molar-refractivity contribution in [2.75, 3.05) is 11.9 Å². The zero-order chi connectivity index (χ0) is 30.3. The highest BCUT2D eigenvalue weighted by Gasteiger charge is 2.34. The van der Waals surface area contributed by atoms with E-state index < -0.39 is 0 Å². The summed E-state index contributed by atoms with van der Waals surface area (Å²) in [5.74, 6) is 0.301. The summed E-state index contributed by atoms with van der Waals surface area (Å²) in [7, 11) is 0. The Morgan fingerprint density at radius 3 is 2.72 bits per heavy atom. The SMILES string of the molecule is Cc1ccc(NC(=O)COc2ccc(Cl)cc2/C=C2\S/C(=N/N=C\c3cc(Br)ccc3O)N(Cc3ccco3)C2=O)cc1. The molecule has 12 heteroatoms. The number of amidine groups is 1. The fourth-order valence-electron chi connectivity index (χ4n) is 3.93. The van der Waals surface area contributed by atoms with Crippen molar-refractivity contribution < 1.29 is 23.8 Å². The van der Waals surface area contributed by atoms with E-state index in [0.29, 0.717) is 43.4 Å². The second kappa shape index (κ2) is 13.8. The van der Waals surface area contributed by atoms with E-state index in [-0.39, 0.29) is 30.7 Å². The number of carbonyl (C=O) groups excluding carboxylic acids is 2. The second-order valence-corrected chi connectivity index (χ2v) is 11.7. The zero-order valence-corrected chi connectivity index (χ0v) is 25.8. The Bertz CT molecular complexity index is 1740. The van der Waals surface area contributed by atoms with Gasteiger partial charge in [-0.25, -0.2) is 0 Å². The van der Waals surface area contributed by atoms with Gasteiger partial charge in [-0.05, 0) is 85.4 Å². The summed E-state index contributed by atoms with van der Waals surface area (Å²) in [6.45, 7) is 1.85. The standard InChI is InChI=1S/C31H24BrClN4O5S/c1-19-4-8-24(9-5-19)35-29(39)18-42-27-11-7-23(33)14-20(27)15-28-30(40)37(17-25-3-2-12-41-25)31(43-28)36-34-16-21-13-22(32)6-10-26(21)38/h2-16,38H,17-18H2,1H3,(H,35,39)/b28-15-,34-16-,36-31+. The van der Waals surface area contributed by atoms with Crippen molar-refractivity contribution in [2.24, 2.45) is 10.2 Å². The molecule has 0 unspecified atom stereocenters. The lowest BCUT2D eigenvalue weighted by Gasteiger charge is -2.13. The van der Waals surface area contributed by atoms with Crippen LogP contribution in [0.3, 0.4) is 0 Å². The zero-order valence-electron chi connectivity index (χ0n) is 22.7. The maximum Gasteiger partial charge on any atom is 0.267 e. The number of phenolic OH excluding ortho intramolecular Hbond substituents is 1. The number of hydrogen-bond acceptors (Lipinski definition) is 8. The third-order valence-electron chi connectivity index (χ3n) is 6.06. The molecule has 2 N–H and O–H groups in total. The molecule has 1 aliphatic rings. The number of furan rings is 1. The van der Waals surface area contributed by atoms with E-state index in [4.69, 9.17) is 20.8 Å². The minimum absolute atomic E-state index is 0.0383. The molecule has 1 aromatic heterocycles. The normalized spacial score (nSPS) is 15.1. The number of aromatic hydroxyl groups is 1. The Balaban J connectivity index is 1.38. The Labute approximate surface area is 265 Å². The van der Waals surface area contributed by atoms with Crippen LogP contribution in [-0.2, 0) is 16.1 Å². The number of phenols is 1. The molecule has 3 aromatic carbocycles. The molecule has 9 nitrogen and oxygen atoms in total. The molecule has 0 bridgehead atoms. The molecule has 43 heavy (non-hydrogen) atoms. The maximum atomic E-state index is 13.5. The van der Waals surface area contributed by atoms with Crippen LogP contribution in [0.15, 0.2) is 103 Å². The molecule has 0 spiro atoms. The van der Waals surface area contributed by atoms with Crippen molar-refractivity contribution in [1.29, 1.82) is 0 Å². The first-order chi connectivity index (χ1) is 20.7. The fraction of sp³-hybridized carbons (Fsp3) is 0.0968.